The molecule has 23 heavy (non-hydrogen) atoms. The van der Waals surface area contributed by atoms with E-state index in [1.165, 1.54) is 12.1 Å². The fourth-order valence-electron chi connectivity index (χ4n) is 1.91. The zero-order valence-corrected chi connectivity index (χ0v) is 14.6. The predicted octanol–water partition coefficient (Wildman–Crippen LogP) is 3.01. The summed E-state index contributed by atoms with van der Waals surface area (Å²) in [6.45, 7) is 1.32. The van der Waals surface area contributed by atoms with Crippen molar-refractivity contribution in [3.63, 3.8) is 0 Å². The van der Waals surface area contributed by atoms with E-state index in [1.54, 1.807) is 36.4 Å². The number of rotatable bonds is 5. The van der Waals surface area contributed by atoms with E-state index in [9.17, 15) is 17.8 Å². The van der Waals surface area contributed by atoms with Crippen molar-refractivity contribution in [2.24, 2.45) is 0 Å². The Kier molecular flexibility index (Phi) is 5.40. The number of amides is 1. The summed E-state index contributed by atoms with van der Waals surface area (Å²) in [5, 5.41) is 2.58. The first-order valence-electron chi connectivity index (χ1n) is 6.63. The molecular formula is C15H15BrN2O4S. The first kappa shape index (κ1) is 17.5. The summed E-state index contributed by atoms with van der Waals surface area (Å²) in [6, 6.07) is 13.3. The number of carbonyl (C=O) groups is 1. The minimum atomic E-state index is -4.56. The van der Waals surface area contributed by atoms with Gasteiger partial charge in [0.15, 0.2) is 0 Å². The van der Waals surface area contributed by atoms with Gasteiger partial charge >= 0.3 is 10.3 Å². The summed E-state index contributed by atoms with van der Waals surface area (Å²) in [5.41, 5.74) is 1.66. The number of carbonyl (C=O) groups excluding carboxylic acids is 1. The topological polar surface area (TPSA) is 86.7 Å². The molecule has 0 aliphatic carbocycles. The number of aryl methyl sites for hydroxylation is 1. The third-order valence-electron chi connectivity index (χ3n) is 3.00. The molecule has 2 aromatic rings. The zero-order valence-electron chi connectivity index (χ0n) is 12.2. The summed E-state index contributed by atoms with van der Waals surface area (Å²) in [6.07, 6.45) is 0. The molecule has 0 bridgehead atoms. The van der Waals surface area contributed by atoms with Crippen molar-refractivity contribution in [3.05, 3.63) is 58.6 Å². The number of anilines is 2. The van der Waals surface area contributed by atoms with Gasteiger partial charge in [-0.3, -0.25) is 9.35 Å². The van der Waals surface area contributed by atoms with E-state index in [0.29, 0.717) is 9.99 Å². The second kappa shape index (κ2) is 7.12. The minimum Gasteiger partial charge on any atom is -0.324 e. The van der Waals surface area contributed by atoms with Crippen LogP contribution in [-0.2, 0) is 15.1 Å². The molecule has 0 unspecified atom stereocenters. The lowest BCUT2D eigenvalue weighted by molar-refractivity contribution is -0.114. The molecule has 2 N–H and O–H groups in total. The molecule has 8 heteroatoms. The second-order valence-corrected chi connectivity index (χ2v) is 7.13. The largest absolute Gasteiger partial charge is 0.360 e. The molecule has 0 radical (unpaired) electrons. The van der Waals surface area contributed by atoms with E-state index in [1.807, 2.05) is 6.92 Å². The maximum Gasteiger partial charge on any atom is 0.360 e. The minimum absolute atomic E-state index is 0.211. The standard InChI is InChI=1S/C15H15BrN2O4S/c1-11-5-7-14(8-6-11)18(23(20,21)22)10-15(19)17-13-4-2-3-12(16)9-13/h2-9H,10H2,1H3,(H,17,19)(H,20,21,22). The average Bonchev–Trinajstić information content (AvgIpc) is 2.45. The van der Waals surface area contributed by atoms with Crippen molar-refractivity contribution in [3.8, 4) is 0 Å². The molecule has 1 amide bonds. The molecule has 2 rings (SSSR count). The van der Waals surface area contributed by atoms with Gasteiger partial charge in [0.1, 0.15) is 6.54 Å². The number of nitrogens with one attached hydrogen (secondary N) is 1. The van der Waals surface area contributed by atoms with Crippen LogP contribution in [0.2, 0.25) is 0 Å². The fraction of sp³-hybridized carbons (Fsp3) is 0.133. The van der Waals surface area contributed by atoms with Crippen LogP contribution in [0.4, 0.5) is 11.4 Å². The predicted molar refractivity (Wildman–Crippen MR) is 92.8 cm³/mol. The lowest BCUT2D eigenvalue weighted by Gasteiger charge is -2.20. The molecule has 0 saturated heterocycles. The Bertz CT molecular complexity index is 806. The Morgan fingerprint density at radius 1 is 1.22 bits per heavy atom. The van der Waals surface area contributed by atoms with Gasteiger partial charge in [0.25, 0.3) is 0 Å². The van der Waals surface area contributed by atoms with Gasteiger partial charge in [-0.15, -0.1) is 0 Å². The highest BCUT2D eigenvalue weighted by Crippen LogP contribution is 2.19. The van der Waals surface area contributed by atoms with Gasteiger partial charge < -0.3 is 5.32 Å². The number of hydrogen-bond acceptors (Lipinski definition) is 3. The number of benzene rings is 2. The highest BCUT2D eigenvalue weighted by atomic mass is 79.9. The van der Waals surface area contributed by atoms with Gasteiger partial charge in [0.05, 0.1) is 5.69 Å². The van der Waals surface area contributed by atoms with Crippen LogP contribution in [0.3, 0.4) is 0 Å². The van der Waals surface area contributed by atoms with Gasteiger partial charge in [-0.25, -0.2) is 4.31 Å². The molecule has 0 spiro atoms. The van der Waals surface area contributed by atoms with Gasteiger partial charge in [0, 0.05) is 10.2 Å². The van der Waals surface area contributed by atoms with Crippen LogP contribution in [0.5, 0.6) is 0 Å². The molecule has 2 aromatic carbocycles. The van der Waals surface area contributed by atoms with Crippen LogP contribution in [-0.4, -0.2) is 25.4 Å². The monoisotopic (exact) mass is 398 g/mol. The molecule has 6 nitrogen and oxygen atoms in total. The Balaban J connectivity index is 2.18. The first-order valence-corrected chi connectivity index (χ1v) is 8.82. The normalized spacial score (nSPS) is 11.1. The summed E-state index contributed by atoms with van der Waals surface area (Å²) >= 11 is 3.28. The van der Waals surface area contributed by atoms with Crippen LogP contribution in [0.25, 0.3) is 0 Å². The highest BCUT2D eigenvalue weighted by molar-refractivity contribution is 9.10. The van der Waals surface area contributed by atoms with E-state index in [-0.39, 0.29) is 5.69 Å². The first-order chi connectivity index (χ1) is 10.8. The lowest BCUT2D eigenvalue weighted by atomic mass is 10.2. The van der Waals surface area contributed by atoms with E-state index < -0.39 is 22.8 Å². The van der Waals surface area contributed by atoms with Crippen molar-refractivity contribution in [2.75, 3.05) is 16.2 Å². The van der Waals surface area contributed by atoms with Crippen LogP contribution in [0.1, 0.15) is 5.56 Å². The zero-order chi connectivity index (χ0) is 17.0. The summed E-state index contributed by atoms with van der Waals surface area (Å²) < 4.78 is 33.9. The molecule has 0 aromatic heterocycles. The molecule has 0 aliphatic rings. The summed E-state index contributed by atoms with van der Waals surface area (Å²) in [5.74, 6) is -0.568. The van der Waals surface area contributed by atoms with Gasteiger partial charge in [-0.2, -0.15) is 8.42 Å². The molecule has 0 heterocycles. The van der Waals surface area contributed by atoms with Crippen LogP contribution < -0.4 is 9.62 Å². The third-order valence-corrected chi connectivity index (χ3v) is 4.39. The average molecular weight is 399 g/mol. The summed E-state index contributed by atoms with van der Waals surface area (Å²) in [7, 11) is -4.56. The Morgan fingerprint density at radius 2 is 1.87 bits per heavy atom. The smallest absolute Gasteiger partial charge is 0.324 e. The summed E-state index contributed by atoms with van der Waals surface area (Å²) in [4.78, 5) is 12.1. The maximum atomic E-state index is 12.1. The maximum absolute atomic E-state index is 12.1. The van der Waals surface area contributed by atoms with Crippen LogP contribution in [0, 0.1) is 6.92 Å². The molecule has 0 fully saturated rings. The van der Waals surface area contributed by atoms with Crippen LogP contribution in [0.15, 0.2) is 53.0 Å². The molecule has 122 valence electrons. The SMILES string of the molecule is Cc1ccc(N(CC(=O)Nc2cccc(Br)c2)S(=O)(=O)O)cc1. The Hall–Kier alpha value is -1.90. The van der Waals surface area contributed by atoms with Gasteiger partial charge in [0.2, 0.25) is 5.91 Å². The van der Waals surface area contributed by atoms with E-state index >= 15 is 0 Å². The number of nitrogens with zero attached hydrogens (tertiary/aromatic N) is 1. The lowest BCUT2D eigenvalue weighted by Crippen LogP contribution is -2.37. The van der Waals surface area contributed by atoms with Crippen molar-refractivity contribution in [1.82, 2.24) is 0 Å². The number of hydrogen-bond donors (Lipinski definition) is 2. The van der Waals surface area contributed by atoms with E-state index in [0.717, 1.165) is 10.0 Å². The Labute approximate surface area is 143 Å². The molecular weight excluding hydrogens is 384 g/mol. The van der Waals surface area contributed by atoms with Gasteiger partial charge in [-0.1, -0.05) is 39.7 Å². The van der Waals surface area contributed by atoms with Gasteiger partial charge in [-0.05, 0) is 37.3 Å². The van der Waals surface area contributed by atoms with Crippen LogP contribution >= 0.6 is 15.9 Å². The molecule has 0 saturated carbocycles. The fourth-order valence-corrected chi connectivity index (χ4v) is 2.98. The van der Waals surface area contributed by atoms with E-state index in [2.05, 4.69) is 21.2 Å². The van der Waals surface area contributed by atoms with E-state index in [4.69, 9.17) is 0 Å². The molecule has 0 aliphatic heterocycles. The third kappa shape index (κ3) is 5.05. The van der Waals surface area contributed by atoms with Crippen molar-refractivity contribution < 1.29 is 17.8 Å². The molecule has 0 atom stereocenters. The van der Waals surface area contributed by atoms with Crippen molar-refractivity contribution in [1.29, 1.82) is 0 Å². The van der Waals surface area contributed by atoms with Crippen molar-refractivity contribution in [2.45, 2.75) is 6.92 Å². The Morgan fingerprint density at radius 3 is 2.43 bits per heavy atom. The number of halogens is 1. The highest BCUT2D eigenvalue weighted by Gasteiger charge is 2.22. The quantitative estimate of drug-likeness (QED) is 0.757. The van der Waals surface area contributed by atoms with Crippen molar-refractivity contribution >= 4 is 43.5 Å². The second-order valence-electron chi connectivity index (χ2n) is 4.88.